The van der Waals surface area contributed by atoms with Gasteiger partial charge in [-0.25, -0.2) is 5.43 Å². The van der Waals surface area contributed by atoms with Gasteiger partial charge in [0, 0.05) is 21.9 Å². The first-order valence-electron chi connectivity index (χ1n) is 8.39. The van der Waals surface area contributed by atoms with Crippen LogP contribution in [0.1, 0.15) is 13.3 Å². The lowest BCUT2D eigenvalue weighted by Gasteiger charge is -2.07. The maximum atomic E-state index is 12.1. The molecule has 0 saturated heterocycles. The molecule has 0 radical (unpaired) electrons. The quantitative estimate of drug-likeness (QED) is 0.501. The number of rotatable bonds is 7. The van der Waals surface area contributed by atoms with Crippen LogP contribution in [0.4, 0.5) is 5.69 Å². The molecule has 2 aromatic carbocycles. The van der Waals surface area contributed by atoms with Gasteiger partial charge in [-0.05, 0) is 43.3 Å². The van der Waals surface area contributed by atoms with Crippen LogP contribution in [0.5, 0.6) is 17.2 Å². The molecule has 8 nitrogen and oxygen atoms in total. The molecule has 2 amide bonds. The predicted octanol–water partition coefficient (Wildman–Crippen LogP) is 3.08. The topological polar surface area (TPSA) is 98.3 Å². The molecule has 0 spiro atoms. The van der Waals surface area contributed by atoms with Crippen molar-refractivity contribution in [3.8, 4) is 17.2 Å². The lowest BCUT2D eigenvalue weighted by molar-refractivity contribution is -0.123. The number of carbonyl (C=O) groups excluding carboxylic acids is 2. The molecule has 1 aliphatic heterocycles. The Kier molecular flexibility index (Phi) is 6.49. The smallest absolute Gasteiger partial charge is 0.277 e. The molecule has 0 aliphatic carbocycles. The highest BCUT2D eigenvalue weighted by molar-refractivity contribution is 9.10. The van der Waals surface area contributed by atoms with Gasteiger partial charge in [-0.2, -0.15) is 5.10 Å². The Balaban J connectivity index is 1.42. The fourth-order valence-corrected chi connectivity index (χ4v) is 2.59. The van der Waals surface area contributed by atoms with Crippen molar-refractivity contribution in [1.82, 2.24) is 5.43 Å². The van der Waals surface area contributed by atoms with E-state index in [0.717, 1.165) is 4.47 Å². The van der Waals surface area contributed by atoms with E-state index in [1.807, 2.05) is 12.1 Å². The van der Waals surface area contributed by atoms with Gasteiger partial charge in [0.05, 0.1) is 6.42 Å². The largest absolute Gasteiger partial charge is 0.484 e. The highest BCUT2D eigenvalue weighted by Crippen LogP contribution is 2.34. The Morgan fingerprint density at radius 1 is 1.11 bits per heavy atom. The molecule has 1 aliphatic rings. The number of amides is 2. The van der Waals surface area contributed by atoms with Crippen molar-refractivity contribution in [2.24, 2.45) is 5.10 Å². The first-order chi connectivity index (χ1) is 13.5. The van der Waals surface area contributed by atoms with Crippen molar-refractivity contribution in [2.45, 2.75) is 13.3 Å². The Hall–Kier alpha value is -3.07. The maximum absolute atomic E-state index is 12.1. The minimum Gasteiger partial charge on any atom is -0.484 e. The van der Waals surface area contributed by atoms with Gasteiger partial charge < -0.3 is 19.5 Å². The number of nitrogens with zero attached hydrogens (tertiary/aromatic N) is 1. The number of fused-ring (bicyclic) bond motifs is 1. The Labute approximate surface area is 170 Å². The molecular formula is C19H18BrN3O5. The van der Waals surface area contributed by atoms with Gasteiger partial charge in [0.1, 0.15) is 5.75 Å². The second-order valence-corrected chi connectivity index (χ2v) is 6.83. The van der Waals surface area contributed by atoms with Crippen molar-refractivity contribution < 1.29 is 23.8 Å². The fraction of sp³-hybridized carbons (Fsp3) is 0.211. The van der Waals surface area contributed by atoms with Crippen LogP contribution in [-0.2, 0) is 9.59 Å². The third-order valence-corrected chi connectivity index (χ3v) is 4.16. The SMILES string of the molecule is C/C(CC(=O)Nc1ccc2c(c1)OCO2)=N\NC(=O)COc1ccc(Br)cc1. The lowest BCUT2D eigenvalue weighted by Crippen LogP contribution is -2.26. The third-order valence-electron chi connectivity index (χ3n) is 3.63. The van der Waals surface area contributed by atoms with Gasteiger partial charge in [0.25, 0.3) is 5.91 Å². The van der Waals surface area contributed by atoms with E-state index in [2.05, 4.69) is 31.8 Å². The molecular weight excluding hydrogens is 430 g/mol. The van der Waals surface area contributed by atoms with E-state index in [-0.39, 0.29) is 25.7 Å². The van der Waals surface area contributed by atoms with Crippen molar-refractivity contribution in [2.75, 3.05) is 18.7 Å². The number of halogens is 1. The van der Waals surface area contributed by atoms with Crippen LogP contribution in [0.15, 0.2) is 52.0 Å². The van der Waals surface area contributed by atoms with Gasteiger partial charge in [-0.15, -0.1) is 0 Å². The predicted molar refractivity (Wildman–Crippen MR) is 107 cm³/mol. The first kappa shape index (κ1) is 19.7. The summed E-state index contributed by atoms with van der Waals surface area (Å²) >= 11 is 3.32. The highest BCUT2D eigenvalue weighted by Gasteiger charge is 2.14. The van der Waals surface area contributed by atoms with Crippen LogP contribution in [-0.4, -0.2) is 30.9 Å². The summed E-state index contributed by atoms with van der Waals surface area (Å²) in [6.07, 6.45) is 0.0301. The van der Waals surface area contributed by atoms with E-state index >= 15 is 0 Å². The Bertz CT molecular complexity index is 899. The zero-order chi connectivity index (χ0) is 19.9. The summed E-state index contributed by atoms with van der Waals surface area (Å²) in [7, 11) is 0. The van der Waals surface area contributed by atoms with E-state index in [9.17, 15) is 9.59 Å². The fourth-order valence-electron chi connectivity index (χ4n) is 2.32. The summed E-state index contributed by atoms with van der Waals surface area (Å²) in [5.74, 6) is 1.12. The molecule has 2 N–H and O–H groups in total. The summed E-state index contributed by atoms with van der Waals surface area (Å²) in [5.41, 5.74) is 3.41. The average molecular weight is 448 g/mol. The molecule has 0 aromatic heterocycles. The molecule has 146 valence electrons. The van der Waals surface area contributed by atoms with Crippen LogP contribution < -0.4 is 25.0 Å². The number of ether oxygens (including phenoxy) is 3. The maximum Gasteiger partial charge on any atom is 0.277 e. The number of benzene rings is 2. The zero-order valence-corrected chi connectivity index (χ0v) is 16.6. The van der Waals surface area contributed by atoms with E-state index in [0.29, 0.717) is 28.6 Å². The van der Waals surface area contributed by atoms with E-state index in [4.69, 9.17) is 14.2 Å². The second-order valence-electron chi connectivity index (χ2n) is 5.92. The average Bonchev–Trinajstić information content (AvgIpc) is 3.13. The molecule has 3 rings (SSSR count). The molecule has 0 saturated carbocycles. The van der Waals surface area contributed by atoms with Crippen LogP contribution in [0.2, 0.25) is 0 Å². The molecule has 0 atom stereocenters. The van der Waals surface area contributed by atoms with Crippen molar-refractivity contribution in [3.05, 3.63) is 46.9 Å². The third kappa shape index (κ3) is 5.71. The van der Waals surface area contributed by atoms with E-state index < -0.39 is 5.91 Å². The minimum absolute atomic E-state index is 0.0301. The van der Waals surface area contributed by atoms with Gasteiger partial charge >= 0.3 is 0 Å². The van der Waals surface area contributed by atoms with Crippen molar-refractivity contribution >= 4 is 39.1 Å². The van der Waals surface area contributed by atoms with Gasteiger partial charge in [-0.3, -0.25) is 9.59 Å². The molecule has 1 heterocycles. The molecule has 0 fully saturated rings. The van der Waals surface area contributed by atoms with Crippen molar-refractivity contribution in [1.29, 1.82) is 0 Å². The summed E-state index contributed by atoms with van der Waals surface area (Å²) < 4.78 is 16.8. The Morgan fingerprint density at radius 2 is 1.86 bits per heavy atom. The van der Waals surface area contributed by atoms with Crippen LogP contribution in [0, 0.1) is 0 Å². The number of hydrogen-bond acceptors (Lipinski definition) is 6. The highest BCUT2D eigenvalue weighted by atomic mass is 79.9. The molecule has 28 heavy (non-hydrogen) atoms. The van der Waals surface area contributed by atoms with E-state index in [1.54, 1.807) is 37.3 Å². The molecule has 0 bridgehead atoms. The van der Waals surface area contributed by atoms with Crippen LogP contribution in [0.3, 0.4) is 0 Å². The summed E-state index contributed by atoms with van der Waals surface area (Å²) in [6.45, 7) is 1.64. The number of hydrogen-bond donors (Lipinski definition) is 2. The summed E-state index contributed by atoms with van der Waals surface area (Å²) in [5, 5.41) is 6.66. The minimum atomic E-state index is -0.418. The standard InChI is InChI=1S/C19H18BrN3O5/c1-12(22-23-19(25)10-26-15-5-2-13(20)3-6-15)8-18(24)21-14-4-7-16-17(9-14)28-11-27-16/h2-7,9H,8,10-11H2,1H3,(H,21,24)(H,23,25)/b22-12+. The Morgan fingerprint density at radius 3 is 2.64 bits per heavy atom. The van der Waals surface area contributed by atoms with Gasteiger partial charge in [0.2, 0.25) is 12.7 Å². The monoisotopic (exact) mass is 447 g/mol. The summed E-state index contributed by atoms with van der Waals surface area (Å²) in [4.78, 5) is 23.9. The van der Waals surface area contributed by atoms with E-state index in [1.165, 1.54) is 0 Å². The van der Waals surface area contributed by atoms with Gasteiger partial charge in [0.15, 0.2) is 18.1 Å². The van der Waals surface area contributed by atoms with Crippen LogP contribution >= 0.6 is 15.9 Å². The van der Waals surface area contributed by atoms with Crippen molar-refractivity contribution in [3.63, 3.8) is 0 Å². The summed E-state index contributed by atoms with van der Waals surface area (Å²) in [6, 6.07) is 12.2. The first-order valence-corrected chi connectivity index (χ1v) is 9.19. The molecule has 9 heteroatoms. The normalized spacial score (nSPS) is 12.4. The number of hydrazone groups is 1. The van der Waals surface area contributed by atoms with Gasteiger partial charge in [-0.1, -0.05) is 15.9 Å². The zero-order valence-electron chi connectivity index (χ0n) is 15.0. The number of nitrogens with one attached hydrogen (secondary N) is 2. The number of anilines is 1. The molecule has 0 unspecified atom stereocenters. The molecule has 2 aromatic rings. The van der Waals surface area contributed by atoms with Crippen LogP contribution in [0.25, 0.3) is 0 Å². The lowest BCUT2D eigenvalue weighted by atomic mass is 10.2. The number of carbonyl (C=O) groups is 2. The second kappa shape index (κ2) is 9.23.